The summed E-state index contributed by atoms with van der Waals surface area (Å²) < 4.78 is 5.50. The predicted molar refractivity (Wildman–Crippen MR) is 114 cm³/mol. The molecule has 0 saturated carbocycles. The number of ether oxygens (including phenoxy) is 1. The van der Waals surface area contributed by atoms with Gasteiger partial charge in [0.1, 0.15) is 5.75 Å². The van der Waals surface area contributed by atoms with E-state index in [2.05, 4.69) is 10.3 Å². The Morgan fingerprint density at radius 3 is 2.90 bits per heavy atom. The number of benzene rings is 2. The number of H-pyrrole nitrogens is 1. The van der Waals surface area contributed by atoms with E-state index < -0.39 is 6.04 Å². The number of rotatable bonds is 4. The van der Waals surface area contributed by atoms with Gasteiger partial charge in [0.05, 0.1) is 24.8 Å². The Hall–Kier alpha value is -2.41. The van der Waals surface area contributed by atoms with Gasteiger partial charge in [0, 0.05) is 34.7 Å². The number of hydrogen-bond acceptors (Lipinski definition) is 3. The lowest BCUT2D eigenvalue weighted by atomic mass is 9.97. The lowest BCUT2D eigenvalue weighted by Crippen LogP contribution is -2.46. The minimum atomic E-state index is -0.478. The van der Waals surface area contributed by atoms with E-state index in [1.165, 1.54) is 0 Å². The molecular weight excluding hydrogens is 413 g/mol. The molecule has 1 aromatic heterocycles. The largest absolute Gasteiger partial charge is 0.494 e. The molecule has 0 spiro atoms. The Labute approximate surface area is 178 Å². The SMILES string of the molecule is COc1c(Cl)ccc2[nH]c3c(c12)CCN(C(=O)NCc1cccc(Cl)c1)C3CO. The average Bonchev–Trinajstić information content (AvgIpc) is 3.10. The summed E-state index contributed by atoms with van der Waals surface area (Å²) in [6.45, 7) is 0.639. The van der Waals surface area contributed by atoms with Gasteiger partial charge in [0.25, 0.3) is 0 Å². The second-order valence-corrected chi connectivity index (χ2v) is 7.79. The van der Waals surface area contributed by atoms with Crippen LogP contribution in [0.5, 0.6) is 5.75 Å². The molecule has 3 aromatic rings. The lowest BCUT2D eigenvalue weighted by Gasteiger charge is -2.34. The highest BCUT2D eigenvalue weighted by molar-refractivity contribution is 6.33. The van der Waals surface area contributed by atoms with E-state index in [-0.39, 0.29) is 12.6 Å². The van der Waals surface area contributed by atoms with Crippen LogP contribution < -0.4 is 10.1 Å². The van der Waals surface area contributed by atoms with Gasteiger partial charge in [0.15, 0.2) is 0 Å². The Balaban J connectivity index is 1.60. The summed E-state index contributed by atoms with van der Waals surface area (Å²) in [6.07, 6.45) is 0.632. The van der Waals surface area contributed by atoms with Gasteiger partial charge in [-0.15, -0.1) is 0 Å². The van der Waals surface area contributed by atoms with Gasteiger partial charge < -0.3 is 25.0 Å². The van der Waals surface area contributed by atoms with Crippen LogP contribution in [0, 0.1) is 0 Å². The van der Waals surface area contributed by atoms with E-state index in [1.54, 1.807) is 24.1 Å². The second-order valence-electron chi connectivity index (χ2n) is 6.95. The number of aliphatic hydroxyl groups is 1. The quantitative estimate of drug-likeness (QED) is 0.574. The summed E-state index contributed by atoms with van der Waals surface area (Å²) in [4.78, 5) is 17.8. The zero-order valence-corrected chi connectivity index (χ0v) is 17.3. The molecular formula is C21H21Cl2N3O3. The predicted octanol–water partition coefficient (Wildman–Crippen LogP) is 4.28. The molecule has 1 unspecified atom stereocenters. The van der Waals surface area contributed by atoms with Crippen LogP contribution in [-0.2, 0) is 13.0 Å². The standard InChI is InChI=1S/C21H21Cl2N3O3/c1-29-20-15(23)5-6-16-18(20)14-7-8-26(17(11-27)19(14)25-16)21(28)24-10-12-3-2-4-13(22)9-12/h2-6,9,17,25,27H,7-8,10-11H2,1H3,(H,24,28). The highest BCUT2D eigenvalue weighted by Crippen LogP contribution is 2.41. The van der Waals surface area contributed by atoms with E-state index in [4.69, 9.17) is 27.9 Å². The first-order valence-electron chi connectivity index (χ1n) is 9.30. The zero-order chi connectivity index (χ0) is 20.5. The van der Waals surface area contributed by atoms with Crippen molar-refractivity contribution in [2.45, 2.75) is 19.0 Å². The molecule has 0 radical (unpaired) electrons. The van der Waals surface area contributed by atoms with Gasteiger partial charge in [-0.25, -0.2) is 4.79 Å². The summed E-state index contributed by atoms with van der Waals surface area (Å²) in [5.41, 5.74) is 3.62. The van der Waals surface area contributed by atoms with E-state index >= 15 is 0 Å². The van der Waals surface area contributed by atoms with Gasteiger partial charge >= 0.3 is 6.03 Å². The number of aromatic nitrogens is 1. The molecule has 3 N–H and O–H groups in total. The molecule has 2 amide bonds. The summed E-state index contributed by atoms with van der Waals surface area (Å²) in [7, 11) is 1.59. The topological polar surface area (TPSA) is 77.6 Å². The molecule has 0 fully saturated rings. The van der Waals surface area contributed by atoms with Crippen molar-refractivity contribution in [3.63, 3.8) is 0 Å². The molecule has 2 heterocycles. The van der Waals surface area contributed by atoms with Crippen molar-refractivity contribution in [2.24, 2.45) is 0 Å². The van der Waals surface area contributed by atoms with Crippen LogP contribution in [0.25, 0.3) is 10.9 Å². The van der Waals surface area contributed by atoms with E-state index in [0.717, 1.165) is 27.7 Å². The first-order valence-corrected chi connectivity index (χ1v) is 10.1. The van der Waals surface area contributed by atoms with Crippen molar-refractivity contribution >= 4 is 40.1 Å². The molecule has 4 rings (SSSR count). The van der Waals surface area contributed by atoms with Crippen molar-refractivity contribution in [1.82, 2.24) is 15.2 Å². The Kier molecular flexibility index (Phi) is 5.58. The van der Waals surface area contributed by atoms with E-state index in [0.29, 0.717) is 35.3 Å². The third-order valence-corrected chi connectivity index (χ3v) is 5.82. The fraction of sp³-hybridized carbons (Fsp3) is 0.286. The monoisotopic (exact) mass is 433 g/mol. The van der Waals surface area contributed by atoms with Crippen molar-refractivity contribution in [2.75, 3.05) is 20.3 Å². The number of nitrogens with one attached hydrogen (secondary N) is 2. The summed E-state index contributed by atoms with van der Waals surface area (Å²) in [5, 5.41) is 15.0. The summed E-state index contributed by atoms with van der Waals surface area (Å²) in [5.74, 6) is 0.609. The van der Waals surface area contributed by atoms with Crippen LogP contribution in [0.3, 0.4) is 0 Å². The van der Waals surface area contributed by atoms with E-state index in [1.807, 2.05) is 24.3 Å². The molecule has 0 bridgehead atoms. The molecule has 152 valence electrons. The van der Waals surface area contributed by atoms with Crippen LogP contribution in [0.1, 0.15) is 22.9 Å². The molecule has 0 saturated heterocycles. The maximum absolute atomic E-state index is 12.8. The minimum Gasteiger partial charge on any atom is -0.494 e. The zero-order valence-electron chi connectivity index (χ0n) is 15.8. The molecule has 0 aliphatic carbocycles. The third kappa shape index (κ3) is 3.64. The van der Waals surface area contributed by atoms with Gasteiger partial charge in [0.2, 0.25) is 0 Å². The van der Waals surface area contributed by atoms with Crippen molar-refractivity contribution < 1.29 is 14.6 Å². The number of halogens is 2. The van der Waals surface area contributed by atoms with Crippen LogP contribution >= 0.6 is 23.2 Å². The van der Waals surface area contributed by atoms with Crippen LogP contribution in [-0.4, -0.2) is 41.3 Å². The van der Waals surface area contributed by atoms with Crippen molar-refractivity contribution in [3.8, 4) is 5.75 Å². The molecule has 1 atom stereocenters. The molecule has 1 aliphatic rings. The van der Waals surface area contributed by atoms with Crippen molar-refractivity contribution in [1.29, 1.82) is 0 Å². The number of carbonyl (C=O) groups is 1. The number of nitrogens with zero attached hydrogens (tertiary/aromatic N) is 1. The number of carbonyl (C=O) groups excluding carboxylic acids is 1. The van der Waals surface area contributed by atoms with Crippen LogP contribution in [0.4, 0.5) is 4.79 Å². The number of urea groups is 1. The molecule has 2 aromatic carbocycles. The fourth-order valence-electron chi connectivity index (χ4n) is 3.96. The van der Waals surface area contributed by atoms with Crippen LogP contribution in [0.2, 0.25) is 10.0 Å². The van der Waals surface area contributed by atoms with Crippen LogP contribution in [0.15, 0.2) is 36.4 Å². The van der Waals surface area contributed by atoms with Gasteiger partial charge in [-0.05, 0) is 41.8 Å². The van der Waals surface area contributed by atoms with Crippen molar-refractivity contribution in [3.05, 3.63) is 63.3 Å². The number of fused-ring (bicyclic) bond motifs is 3. The maximum atomic E-state index is 12.8. The Morgan fingerprint density at radius 1 is 1.34 bits per heavy atom. The van der Waals surface area contributed by atoms with Gasteiger partial charge in [-0.1, -0.05) is 35.3 Å². The molecule has 29 heavy (non-hydrogen) atoms. The highest BCUT2D eigenvalue weighted by atomic mass is 35.5. The minimum absolute atomic E-state index is 0.194. The maximum Gasteiger partial charge on any atom is 0.318 e. The smallest absolute Gasteiger partial charge is 0.318 e. The first kappa shape index (κ1) is 19.9. The number of aliphatic hydroxyl groups excluding tert-OH is 1. The summed E-state index contributed by atoms with van der Waals surface area (Å²) in [6, 6.07) is 10.3. The lowest BCUT2D eigenvalue weighted by molar-refractivity contribution is 0.125. The Morgan fingerprint density at radius 2 is 2.17 bits per heavy atom. The van der Waals surface area contributed by atoms with E-state index in [9.17, 15) is 9.90 Å². The molecule has 6 nitrogen and oxygen atoms in total. The molecule has 1 aliphatic heterocycles. The normalized spacial score (nSPS) is 16.0. The fourth-order valence-corrected chi connectivity index (χ4v) is 4.41. The van der Waals surface area contributed by atoms with Gasteiger partial charge in [-0.2, -0.15) is 0 Å². The molecule has 8 heteroatoms. The number of aromatic amines is 1. The van der Waals surface area contributed by atoms with Gasteiger partial charge in [-0.3, -0.25) is 0 Å². The Bertz CT molecular complexity index is 1070. The number of hydrogen-bond donors (Lipinski definition) is 3. The summed E-state index contributed by atoms with van der Waals surface area (Å²) >= 11 is 12.3. The second kappa shape index (κ2) is 8.14. The highest BCUT2D eigenvalue weighted by Gasteiger charge is 2.34. The number of methoxy groups -OCH3 is 1. The number of amides is 2. The first-order chi connectivity index (χ1) is 14.0. The third-order valence-electron chi connectivity index (χ3n) is 5.29. The average molecular weight is 434 g/mol.